The summed E-state index contributed by atoms with van der Waals surface area (Å²) in [6.07, 6.45) is 0.486. The predicted molar refractivity (Wildman–Crippen MR) is 73.0 cm³/mol. The molecule has 1 aromatic carbocycles. The van der Waals surface area contributed by atoms with Crippen LogP contribution in [0.4, 0.5) is 5.69 Å². The van der Waals surface area contributed by atoms with Gasteiger partial charge in [-0.1, -0.05) is 33.8 Å². The van der Waals surface area contributed by atoms with Crippen molar-refractivity contribution >= 4 is 11.6 Å². The van der Waals surface area contributed by atoms with Crippen molar-refractivity contribution in [1.82, 2.24) is 0 Å². The van der Waals surface area contributed by atoms with Gasteiger partial charge < -0.3 is 5.32 Å². The van der Waals surface area contributed by atoms with Crippen molar-refractivity contribution in [3.8, 4) is 6.07 Å². The molecule has 18 heavy (non-hydrogen) atoms. The van der Waals surface area contributed by atoms with Gasteiger partial charge in [-0.3, -0.25) is 4.79 Å². The molecule has 0 aliphatic rings. The molecule has 3 nitrogen and oxygen atoms in total. The molecule has 3 heteroatoms. The number of anilines is 1. The van der Waals surface area contributed by atoms with Crippen molar-refractivity contribution in [2.75, 3.05) is 5.32 Å². The van der Waals surface area contributed by atoms with Gasteiger partial charge >= 0.3 is 0 Å². The molecule has 1 rings (SSSR count). The maximum absolute atomic E-state index is 11.9. The summed E-state index contributed by atoms with van der Waals surface area (Å²) >= 11 is 0. The van der Waals surface area contributed by atoms with Gasteiger partial charge in [-0.25, -0.2) is 0 Å². The first-order valence-electron chi connectivity index (χ1n) is 6.13. The first-order chi connectivity index (χ1) is 8.32. The largest absolute Gasteiger partial charge is 0.326 e. The van der Waals surface area contributed by atoms with Gasteiger partial charge in [-0.2, -0.15) is 5.26 Å². The Hall–Kier alpha value is -1.82. The summed E-state index contributed by atoms with van der Waals surface area (Å²) in [4.78, 5) is 11.9. The van der Waals surface area contributed by atoms with Crippen molar-refractivity contribution in [3.63, 3.8) is 0 Å². The minimum Gasteiger partial charge on any atom is -0.326 e. The van der Waals surface area contributed by atoms with E-state index in [1.807, 2.05) is 0 Å². The van der Waals surface area contributed by atoms with Crippen LogP contribution in [0.1, 0.15) is 39.7 Å². The normalized spacial score (nSPS) is 12.6. The second-order valence-electron chi connectivity index (χ2n) is 5.71. The van der Waals surface area contributed by atoms with Crippen molar-refractivity contribution in [1.29, 1.82) is 5.26 Å². The average Bonchev–Trinajstić information content (AvgIpc) is 2.27. The van der Waals surface area contributed by atoms with Crippen LogP contribution < -0.4 is 5.32 Å². The van der Waals surface area contributed by atoms with Crippen LogP contribution in [0.3, 0.4) is 0 Å². The van der Waals surface area contributed by atoms with E-state index in [4.69, 9.17) is 5.26 Å². The molecule has 0 aliphatic carbocycles. The monoisotopic (exact) mass is 244 g/mol. The summed E-state index contributed by atoms with van der Waals surface area (Å²) < 4.78 is 0. The Kier molecular flexibility index (Phi) is 4.49. The van der Waals surface area contributed by atoms with E-state index in [2.05, 4.69) is 39.1 Å². The minimum absolute atomic E-state index is 0.00693. The lowest BCUT2D eigenvalue weighted by Gasteiger charge is -2.26. The second kappa shape index (κ2) is 5.68. The number of nitrogens with zero attached hydrogens (tertiary/aromatic N) is 1. The van der Waals surface area contributed by atoms with Gasteiger partial charge in [0, 0.05) is 12.1 Å². The van der Waals surface area contributed by atoms with E-state index in [9.17, 15) is 4.79 Å². The molecule has 1 unspecified atom stereocenters. The molecule has 0 fully saturated rings. The zero-order valence-corrected chi connectivity index (χ0v) is 11.4. The summed E-state index contributed by atoms with van der Waals surface area (Å²) in [5, 5.41) is 11.6. The van der Waals surface area contributed by atoms with Gasteiger partial charge in [0.15, 0.2) is 0 Å². The van der Waals surface area contributed by atoms with Crippen molar-refractivity contribution in [2.24, 2.45) is 11.3 Å². The lowest BCUT2D eigenvalue weighted by atomic mass is 9.80. The minimum atomic E-state index is -0.00693. The Labute approximate surface area is 109 Å². The molecular weight excluding hydrogens is 224 g/mol. The molecule has 0 spiro atoms. The van der Waals surface area contributed by atoms with Gasteiger partial charge in [-0.05, 0) is 29.5 Å². The van der Waals surface area contributed by atoms with E-state index in [0.29, 0.717) is 23.6 Å². The molecule has 0 aliphatic heterocycles. The highest BCUT2D eigenvalue weighted by Gasteiger charge is 2.22. The number of nitriles is 1. The van der Waals surface area contributed by atoms with E-state index in [1.54, 1.807) is 24.3 Å². The van der Waals surface area contributed by atoms with Gasteiger partial charge in [0.25, 0.3) is 0 Å². The summed E-state index contributed by atoms with van der Waals surface area (Å²) in [5.41, 5.74) is 1.35. The van der Waals surface area contributed by atoms with E-state index in [0.717, 1.165) is 0 Å². The lowest BCUT2D eigenvalue weighted by molar-refractivity contribution is -0.117. The SMILES string of the molecule is CC(CC(=O)Nc1cccc(C#N)c1)C(C)(C)C. The number of carbonyl (C=O) groups is 1. The fraction of sp³-hybridized carbons (Fsp3) is 0.467. The molecule has 0 radical (unpaired) electrons. The third-order valence-corrected chi connectivity index (χ3v) is 3.25. The smallest absolute Gasteiger partial charge is 0.224 e. The topological polar surface area (TPSA) is 52.9 Å². The van der Waals surface area contributed by atoms with E-state index < -0.39 is 0 Å². The number of hydrogen-bond acceptors (Lipinski definition) is 2. The molecular formula is C15H20N2O. The van der Waals surface area contributed by atoms with Crippen LogP contribution in [0, 0.1) is 22.7 Å². The highest BCUT2D eigenvalue weighted by atomic mass is 16.1. The van der Waals surface area contributed by atoms with Crippen LogP contribution in [-0.4, -0.2) is 5.91 Å². The van der Waals surface area contributed by atoms with Crippen LogP contribution in [0.15, 0.2) is 24.3 Å². The lowest BCUT2D eigenvalue weighted by Crippen LogP contribution is -2.23. The Morgan fingerprint density at radius 1 is 1.44 bits per heavy atom. The molecule has 1 aromatic rings. The summed E-state index contributed by atoms with van der Waals surface area (Å²) in [7, 11) is 0. The number of benzene rings is 1. The van der Waals surface area contributed by atoms with Gasteiger partial charge in [-0.15, -0.1) is 0 Å². The maximum Gasteiger partial charge on any atom is 0.224 e. The van der Waals surface area contributed by atoms with Crippen LogP contribution in [-0.2, 0) is 4.79 Å². The number of carbonyl (C=O) groups excluding carboxylic acids is 1. The first-order valence-corrected chi connectivity index (χ1v) is 6.13. The Morgan fingerprint density at radius 3 is 2.67 bits per heavy atom. The number of nitrogens with one attached hydrogen (secondary N) is 1. The molecule has 0 aromatic heterocycles. The van der Waals surface area contributed by atoms with E-state index in [-0.39, 0.29) is 11.3 Å². The van der Waals surface area contributed by atoms with Crippen molar-refractivity contribution in [3.05, 3.63) is 29.8 Å². The van der Waals surface area contributed by atoms with Crippen LogP contribution >= 0.6 is 0 Å². The molecule has 0 bridgehead atoms. The van der Waals surface area contributed by atoms with Crippen LogP contribution in [0.25, 0.3) is 0 Å². The van der Waals surface area contributed by atoms with E-state index in [1.165, 1.54) is 0 Å². The van der Waals surface area contributed by atoms with Gasteiger partial charge in [0.1, 0.15) is 0 Å². The van der Waals surface area contributed by atoms with Crippen LogP contribution in [0.5, 0.6) is 0 Å². The van der Waals surface area contributed by atoms with Crippen molar-refractivity contribution < 1.29 is 4.79 Å². The zero-order chi connectivity index (χ0) is 13.8. The number of hydrogen-bond donors (Lipinski definition) is 1. The van der Waals surface area contributed by atoms with Gasteiger partial charge in [0.2, 0.25) is 5.91 Å². The fourth-order valence-electron chi connectivity index (χ4n) is 1.46. The average molecular weight is 244 g/mol. The highest BCUT2D eigenvalue weighted by molar-refractivity contribution is 5.91. The Bertz CT molecular complexity index is 466. The molecule has 0 heterocycles. The second-order valence-corrected chi connectivity index (χ2v) is 5.71. The zero-order valence-electron chi connectivity index (χ0n) is 11.4. The molecule has 0 saturated carbocycles. The Morgan fingerprint density at radius 2 is 2.11 bits per heavy atom. The third kappa shape index (κ3) is 4.21. The molecule has 1 N–H and O–H groups in total. The molecule has 96 valence electrons. The first kappa shape index (κ1) is 14.2. The fourth-order valence-corrected chi connectivity index (χ4v) is 1.46. The number of amides is 1. The molecule has 1 amide bonds. The Balaban J connectivity index is 2.63. The summed E-state index contributed by atoms with van der Waals surface area (Å²) in [6.45, 7) is 8.45. The highest BCUT2D eigenvalue weighted by Crippen LogP contribution is 2.28. The standard InChI is InChI=1S/C15H20N2O/c1-11(15(2,3)4)8-14(18)17-13-7-5-6-12(9-13)10-16/h5-7,9,11H,8H2,1-4H3,(H,17,18). The van der Waals surface area contributed by atoms with E-state index >= 15 is 0 Å². The summed E-state index contributed by atoms with van der Waals surface area (Å²) in [6, 6.07) is 9.01. The summed E-state index contributed by atoms with van der Waals surface area (Å²) in [5.74, 6) is 0.296. The van der Waals surface area contributed by atoms with Crippen molar-refractivity contribution in [2.45, 2.75) is 34.1 Å². The third-order valence-electron chi connectivity index (χ3n) is 3.25. The quantitative estimate of drug-likeness (QED) is 0.883. The van der Waals surface area contributed by atoms with Gasteiger partial charge in [0.05, 0.1) is 11.6 Å². The number of rotatable bonds is 3. The van der Waals surface area contributed by atoms with Crippen LogP contribution in [0.2, 0.25) is 0 Å². The molecule has 1 atom stereocenters. The molecule has 0 saturated heterocycles. The maximum atomic E-state index is 11.9. The predicted octanol–water partition coefficient (Wildman–Crippen LogP) is 3.57.